The highest BCUT2D eigenvalue weighted by molar-refractivity contribution is 7.99. The van der Waals surface area contributed by atoms with Gasteiger partial charge in [0.15, 0.2) is 0 Å². The van der Waals surface area contributed by atoms with Crippen molar-refractivity contribution in [2.75, 3.05) is 44.9 Å². The monoisotopic (exact) mass is 444 g/mol. The van der Waals surface area contributed by atoms with Gasteiger partial charge < -0.3 is 14.6 Å². The van der Waals surface area contributed by atoms with Gasteiger partial charge >= 0.3 is 0 Å². The molecule has 2 heterocycles. The molecule has 1 aromatic heterocycles. The molecule has 0 radical (unpaired) electrons. The van der Waals surface area contributed by atoms with Gasteiger partial charge in [0.25, 0.3) is 5.91 Å². The maximum absolute atomic E-state index is 12.9. The summed E-state index contributed by atoms with van der Waals surface area (Å²) in [5.74, 6) is 2.06. The van der Waals surface area contributed by atoms with Crippen LogP contribution in [0.3, 0.4) is 0 Å². The molecule has 1 N–H and O–H groups in total. The summed E-state index contributed by atoms with van der Waals surface area (Å²) in [6.07, 6.45) is 6.41. The Balaban J connectivity index is 1.74. The van der Waals surface area contributed by atoms with Crippen LogP contribution in [0, 0.1) is 25.2 Å². The highest BCUT2D eigenvalue weighted by atomic mass is 32.2. The number of amides is 1. The number of thioether (sulfide) groups is 1. The molecule has 170 valence electrons. The number of nitrogens with one attached hydrogen (secondary N) is 1. The minimum atomic E-state index is -0.269. The van der Waals surface area contributed by atoms with Crippen LogP contribution in [0.4, 0.5) is 0 Å². The average Bonchev–Trinajstić information content (AvgIpc) is 3.36. The maximum Gasteiger partial charge on any atom is 0.262 e. The molecule has 1 saturated carbocycles. The SMILES string of the molecule is COCC(C)n1c(C)cc(/C=C(/C#N)C(=O)NCC2(N3CCSCC3)CCCC2)c1C. The number of hydrogen-bond acceptors (Lipinski definition) is 5. The van der Waals surface area contributed by atoms with Crippen molar-refractivity contribution in [2.45, 2.75) is 58.0 Å². The van der Waals surface area contributed by atoms with Crippen LogP contribution in [0.25, 0.3) is 6.08 Å². The second kappa shape index (κ2) is 10.7. The summed E-state index contributed by atoms with van der Waals surface area (Å²) >= 11 is 2.01. The van der Waals surface area contributed by atoms with Crippen molar-refractivity contribution in [1.82, 2.24) is 14.8 Å². The van der Waals surface area contributed by atoms with Gasteiger partial charge in [-0.05, 0) is 51.3 Å². The van der Waals surface area contributed by atoms with Crippen LogP contribution in [-0.2, 0) is 9.53 Å². The van der Waals surface area contributed by atoms with E-state index in [0.29, 0.717) is 13.2 Å². The number of aryl methyl sites for hydroxylation is 1. The quantitative estimate of drug-likeness (QED) is 0.489. The van der Waals surface area contributed by atoms with Gasteiger partial charge in [0.2, 0.25) is 0 Å². The second-order valence-corrected chi connectivity index (χ2v) is 10.1. The molecule has 7 heteroatoms. The topological polar surface area (TPSA) is 70.3 Å². The average molecular weight is 445 g/mol. The number of carbonyl (C=O) groups excluding carboxylic acids is 1. The van der Waals surface area contributed by atoms with E-state index in [1.807, 2.05) is 31.7 Å². The van der Waals surface area contributed by atoms with E-state index in [1.54, 1.807) is 13.2 Å². The molecule has 0 bridgehead atoms. The van der Waals surface area contributed by atoms with E-state index in [9.17, 15) is 10.1 Å². The number of aromatic nitrogens is 1. The molecule has 2 aliphatic rings. The summed E-state index contributed by atoms with van der Waals surface area (Å²) < 4.78 is 7.50. The Kier molecular flexibility index (Phi) is 8.26. The Morgan fingerprint density at radius 2 is 2.03 bits per heavy atom. The molecular formula is C24H36N4O2S. The molecule has 1 amide bonds. The van der Waals surface area contributed by atoms with Crippen molar-refractivity contribution >= 4 is 23.7 Å². The van der Waals surface area contributed by atoms with Gasteiger partial charge in [-0.3, -0.25) is 9.69 Å². The van der Waals surface area contributed by atoms with Crippen LogP contribution in [0.2, 0.25) is 0 Å². The molecule has 1 unspecified atom stereocenters. The Morgan fingerprint density at radius 1 is 1.35 bits per heavy atom. The van der Waals surface area contributed by atoms with Gasteiger partial charge in [0, 0.05) is 55.2 Å². The number of methoxy groups -OCH3 is 1. The third kappa shape index (κ3) is 5.36. The lowest BCUT2D eigenvalue weighted by Crippen LogP contribution is -2.56. The Morgan fingerprint density at radius 3 is 2.65 bits per heavy atom. The molecule has 31 heavy (non-hydrogen) atoms. The first-order valence-corrected chi connectivity index (χ1v) is 12.5. The normalized spacial score (nSPS) is 20.4. The van der Waals surface area contributed by atoms with Gasteiger partial charge in [-0.25, -0.2) is 0 Å². The molecule has 1 aliphatic heterocycles. The number of ether oxygens (including phenoxy) is 1. The van der Waals surface area contributed by atoms with Crippen molar-refractivity contribution < 1.29 is 9.53 Å². The van der Waals surface area contributed by atoms with Crippen molar-refractivity contribution in [3.8, 4) is 6.07 Å². The first-order valence-electron chi connectivity index (χ1n) is 11.3. The van der Waals surface area contributed by atoms with E-state index in [2.05, 4.69) is 27.8 Å². The largest absolute Gasteiger partial charge is 0.383 e. The van der Waals surface area contributed by atoms with Gasteiger partial charge in [0.1, 0.15) is 11.6 Å². The van der Waals surface area contributed by atoms with Crippen molar-refractivity contribution in [2.24, 2.45) is 0 Å². The van der Waals surface area contributed by atoms with E-state index in [0.717, 1.165) is 54.4 Å². The molecular weight excluding hydrogens is 408 g/mol. The van der Waals surface area contributed by atoms with Crippen LogP contribution in [0.5, 0.6) is 0 Å². The molecule has 0 spiro atoms. The van der Waals surface area contributed by atoms with Gasteiger partial charge in [-0.1, -0.05) is 12.8 Å². The zero-order valence-corrected chi connectivity index (χ0v) is 20.2. The van der Waals surface area contributed by atoms with Crippen molar-refractivity contribution in [1.29, 1.82) is 5.26 Å². The third-order valence-electron chi connectivity index (χ3n) is 6.83. The maximum atomic E-state index is 12.9. The van der Waals surface area contributed by atoms with Crippen LogP contribution in [0.15, 0.2) is 11.6 Å². The number of rotatable bonds is 8. The van der Waals surface area contributed by atoms with E-state index < -0.39 is 0 Å². The fourth-order valence-electron chi connectivity index (χ4n) is 5.26. The summed E-state index contributed by atoms with van der Waals surface area (Å²) in [7, 11) is 1.70. The van der Waals surface area contributed by atoms with Crippen LogP contribution in [0.1, 0.15) is 55.6 Å². The Labute approximate surface area is 191 Å². The van der Waals surface area contributed by atoms with E-state index in [-0.39, 0.29) is 23.1 Å². The van der Waals surface area contributed by atoms with Gasteiger partial charge in [-0.2, -0.15) is 17.0 Å². The number of carbonyl (C=O) groups is 1. The second-order valence-electron chi connectivity index (χ2n) is 8.88. The Hall–Kier alpha value is -1.75. The summed E-state index contributed by atoms with van der Waals surface area (Å²) in [5, 5.41) is 12.8. The number of hydrogen-bond donors (Lipinski definition) is 1. The zero-order valence-electron chi connectivity index (χ0n) is 19.4. The smallest absolute Gasteiger partial charge is 0.262 e. The van der Waals surface area contributed by atoms with Gasteiger partial charge in [-0.15, -0.1) is 0 Å². The highest BCUT2D eigenvalue weighted by Crippen LogP contribution is 2.36. The summed E-state index contributed by atoms with van der Waals surface area (Å²) in [5.41, 5.74) is 3.28. The lowest BCUT2D eigenvalue weighted by molar-refractivity contribution is -0.117. The van der Waals surface area contributed by atoms with E-state index >= 15 is 0 Å². The molecule has 1 atom stereocenters. The minimum Gasteiger partial charge on any atom is -0.383 e. The fraction of sp³-hybridized carbons (Fsp3) is 0.667. The number of nitriles is 1. The lowest BCUT2D eigenvalue weighted by Gasteiger charge is -2.43. The summed E-state index contributed by atoms with van der Waals surface area (Å²) in [6, 6.07) is 4.36. The first-order chi connectivity index (χ1) is 14.9. The number of nitrogens with zero attached hydrogens (tertiary/aromatic N) is 3. The predicted octanol–water partition coefficient (Wildman–Crippen LogP) is 3.70. The summed E-state index contributed by atoms with van der Waals surface area (Å²) in [4.78, 5) is 15.5. The molecule has 0 aromatic carbocycles. The molecule has 6 nitrogen and oxygen atoms in total. The lowest BCUT2D eigenvalue weighted by atomic mass is 9.94. The predicted molar refractivity (Wildman–Crippen MR) is 127 cm³/mol. The Bertz CT molecular complexity index is 842. The van der Waals surface area contributed by atoms with Crippen molar-refractivity contribution in [3.63, 3.8) is 0 Å². The molecule has 3 rings (SSSR count). The standard InChI is InChI=1S/C24H36N4O2S/c1-18-13-21(20(3)28(18)19(2)16-30-4)14-22(15-25)23(29)26-17-24(7-5-6-8-24)27-9-11-31-12-10-27/h13-14,19H,5-12,16-17H2,1-4H3,(H,26,29)/b22-14-. The zero-order chi connectivity index (χ0) is 22.4. The van der Waals surface area contributed by atoms with Crippen molar-refractivity contribution in [3.05, 3.63) is 28.6 Å². The molecule has 2 fully saturated rings. The highest BCUT2D eigenvalue weighted by Gasteiger charge is 2.40. The molecule has 1 saturated heterocycles. The van der Waals surface area contributed by atoms with E-state index in [1.165, 1.54) is 12.8 Å². The molecule has 1 aromatic rings. The van der Waals surface area contributed by atoms with Crippen LogP contribution in [-0.4, -0.2) is 65.8 Å². The van der Waals surface area contributed by atoms with Crippen LogP contribution < -0.4 is 5.32 Å². The first kappa shape index (κ1) is 23.9. The summed E-state index contributed by atoms with van der Waals surface area (Å²) in [6.45, 7) is 9.60. The molecule has 1 aliphatic carbocycles. The third-order valence-corrected chi connectivity index (χ3v) is 7.77. The van der Waals surface area contributed by atoms with Crippen LogP contribution >= 0.6 is 11.8 Å². The van der Waals surface area contributed by atoms with Gasteiger partial charge in [0.05, 0.1) is 12.6 Å². The fourth-order valence-corrected chi connectivity index (χ4v) is 6.17. The van der Waals surface area contributed by atoms with E-state index in [4.69, 9.17) is 4.74 Å². The minimum absolute atomic E-state index is 0.0582.